The van der Waals surface area contributed by atoms with Crippen LogP contribution in [0.25, 0.3) is 6.08 Å². The van der Waals surface area contributed by atoms with Crippen LogP contribution in [-0.4, -0.2) is 13.0 Å². The van der Waals surface area contributed by atoms with Crippen LogP contribution in [-0.2, 0) is 10.5 Å². The molecule has 0 saturated heterocycles. The quantitative estimate of drug-likeness (QED) is 0.563. The molecule has 0 atom stereocenters. The largest absolute Gasteiger partial charge is 0.435 e. The van der Waals surface area contributed by atoms with Crippen LogP contribution in [0, 0.1) is 0 Å². The van der Waals surface area contributed by atoms with Crippen LogP contribution >= 0.6 is 0 Å². The van der Waals surface area contributed by atoms with Gasteiger partial charge in [0.2, 0.25) is 0 Å². The van der Waals surface area contributed by atoms with Crippen molar-refractivity contribution in [1.82, 2.24) is 0 Å². The van der Waals surface area contributed by atoms with Crippen molar-refractivity contribution in [3.63, 3.8) is 0 Å². The van der Waals surface area contributed by atoms with Gasteiger partial charge in [-0.2, -0.15) is 8.42 Å². The number of benzene rings is 1. The van der Waals surface area contributed by atoms with E-state index < -0.39 is 10.5 Å². The lowest BCUT2D eigenvalue weighted by molar-refractivity contribution is 0.435. The van der Waals surface area contributed by atoms with Gasteiger partial charge in [-0.3, -0.25) is 4.55 Å². The van der Waals surface area contributed by atoms with Gasteiger partial charge in [0.15, 0.2) is 0 Å². The van der Waals surface area contributed by atoms with Crippen molar-refractivity contribution < 1.29 is 16.9 Å². The molecule has 3 nitrogen and oxygen atoms in total. The van der Waals surface area contributed by atoms with Crippen molar-refractivity contribution >= 4 is 16.6 Å². The van der Waals surface area contributed by atoms with Gasteiger partial charge in [-0.15, -0.1) is 0 Å². The summed E-state index contributed by atoms with van der Waals surface area (Å²) in [5, 5.41) is 0. The summed E-state index contributed by atoms with van der Waals surface area (Å²) < 4.78 is 34.1. The van der Waals surface area contributed by atoms with Crippen LogP contribution in [0.3, 0.4) is 0 Å². The second kappa shape index (κ2) is 5.45. The first kappa shape index (κ1) is 11.8. The summed E-state index contributed by atoms with van der Waals surface area (Å²) in [5.41, 5.74) is 1.17. The first-order valence-electron chi connectivity index (χ1n) is 3.28. The third-order valence-electron chi connectivity index (χ3n) is 1.04. The van der Waals surface area contributed by atoms with Crippen molar-refractivity contribution in [2.75, 3.05) is 0 Å². The molecule has 5 heteroatoms. The maximum atomic E-state index is 10.2. The summed E-state index contributed by atoms with van der Waals surface area (Å²) in [6.07, 6.45) is 1.83. The van der Waals surface area contributed by atoms with Crippen LogP contribution in [0.1, 0.15) is 5.56 Å². The number of rotatable bonds is 1. The van der Waals surface area contributed by atoms with Gasteiger partial charge in [0.25, 0.3) is 0 Å². The topological polar surface area (TPSA) is 54.4 Å². The average Bonchev–Trinajstić information content (AvgIpc) is 2.03. The van der Waals surface area contributed by atoms with Gasteiger partial charge in [0.1, 0.15) is 0 Å². The Balaban J connectivity index is 0.000000252. The van der Waals surface area contributed by atoms with Crippen LogP contribution < -0.4 is 0 Å². The minimum atomic E-state index is -5.17. The van der Waals surface area contributed by atoms with E-state index in [0.717, 1.165) is 0 Å². The molecular weight excluding hydrogens is 195 g/mol. The molecule has 0 radical (unpaired) electrons. The van der Waals surface area contributed by atoms with Crippen molar-refractivity contribution in [3.8, 4) is 0 Å². The van der Waals surface area contributed by atoms with E-state index in [2.05, 4.69) is 6.58 Å². The molecule has 0 fully saturated rings. The Morgan fingerprint density at radius 2 is 1.69 bits per heavy atom. The second-order valence-electron chi connectivity index (χ2n) is 2.03. The highest BCUT2D eigenvalue weighted by atomic mass is 32.3. The third-order valence-corrected chi connectivity index (χ3v) is 1.04. The zero-order chi connectivity index (χ0) is 10.3. The first-order valence-corrected chi connectivity index (χ1v) is 4.62. The highest BCUT2D eigenvalue weighted by Crippen LogP contribution is 1.97. The summed E-state index contributed by atoms with van der Waals surface area (Å²) in [7, 11) is -5.17. The average molecular weight is 204 g/mol. The third kappa shape index (κ3) is 10.8. The lowest BCUT2D eigenvalue weighted by atomic mass is 10.2. The molecular formula is C8H9FO3S. The molecule has 1 rings (SSSR count). The monoisotopic (exact) mass is 204 g/mol. The number of hydrogen-bond donors (Lipinski definition) is 1. The molecule has 0 bridgehead atoms. The summed E-state index contributed by atoms with van der Waals surface area (Å²) in [4.78, 5) is 0. The predicted octanol–water partition coefficient (Wildman–Crippen LogP) is 2.09. The second-order valence-corrected chi connectivity index (χ2v) is 2.85. The van der Waals surface area contributed by atoms with Gasteiger partial charge >= 0.3 is 10.5 Å². The first-order chi connectivity index (χ1) is 5.93. The van der Waals surface area contributed by atoms with Gasteiger partial charge < -0.3 is 0 Å². The maximum absolute atomic E-state index is 10.2. The molecule has 0 amide bonds. The molecule has 0 aliphatic carbocycles. The van der Waals surface area contributed by atoms with Crippen LogP contribution in [0.2, 0.25) is 0 Å². The van der Waals surface area contributed by atoms with Crippen LogP contribution in [0.5, 0.6) is 0 Å². The van der Waals surface area contributed by atoms with Gasteiger partial charge in [0, 0.05) is 0 Å². The smallest absolute Gasteiger partial charge is 0.260 e. The maximum Gasteiger partial charge on any atom is 0.435 e. The molecule has 0 aliphatic rings. The zero-order valence-electron chi connectivity index (χ0n) is 6.72. The molecule has 0 unspecified atom stereocenters. The van der Waals surface area contributed by atoms with E-state index in [1.54, 1.807) is 0 Å². The molecule has 0 spiro atoms. The van der Waals surface area contributed by atoms with E-state index in [0.29, 0.717) is 0 Å². The van der Waals surface area contributed by atoms with E-state index in [4.69, 9.17) is 13.0 Å². The Morgan fingerprint density at radius 3 is 1.92 bits per heavy atom. The summed E-state index contributed by atoms with van der Waals surface area (Å²) in [6, 6.07) is 10.0. The van der Waals surface area contributed by atoms with Crippen molar-refractivity contribution in [3.05, 3.63) is 42.5 Å². The SMILES string of the molecule is C=Cc1ccccc1.O=S(=O)(O)F. The predicted molar refractivity (Wildman–Crippen MR) is 49.2 cm³/mol. The molecule has 13 heavy (non-hydrogen) atoms. The molecule has 1 aromatic carbocycles. The lowest BCUT2D eigenvalue weighted by Gasteiger charge is -1.85. The summed E-state index contributed by atoms with van der Waals surface area (Å²) in [6.45, 7) is 3.63. The Bertz CT molecular complexity index is 337. The molecule has 0 saturated carbocycles. The fraction of sp³-hybridized carbons (Fsp3) is 0. The van der Waals surface area contributed by atoms with E-state index in [1.807, 2.05) is 36.4 Å². The summed E-state index contributed by atoms with van der Waals surface area (Å²) >= 11 is 0. The molecule has 1 aromatic rings. The van der Waals surface area contributed by atoms with Gasteiger partial charge in [-0.25, -0.2) is 0 Å². The molecule has 1 N–H and O–H groups in total. The molecule has 0 aromatic heterocycles. The van der Waals surface area contributed by atoms with Crippen molar-refractivity contribution in [1.29, 1.82) is 0 Å². The van der Waals surface area contributed by atoms with Crippen molar-refractivity contribution in [2.24, 2.45) is 0 Å². The molecule has 0 aliphatic heterocycles. The lowest BCUT2D eigenvalue weighted by Crippen LogP contribution is -1.80. The number of halogens is 1. The zero-order valence-corrected chi connectivity index (χ0v) is 7.54. The number of hydrogen-bond acceptors (Lipinski definition) is 2. The van der Waals surface area contributed by atoms with Gasteiger partial charge in [0.05, 0.1) is 0 Å². The molecule has 0 heterocycles. The van der Waals surface area contributed by atoms with E-state index >= 15 is 0 Å². The van der Waals surface area contributed by atoms with Gasteiger partial charge in [-0.1, -0.05) is 46.9 Å². The van der Waals surface area contributed by atoms with E-state index in [9.17, 15) is 3.89 Å². The van der Waals surface area contributed by atoms with E-state index in [1.165, 1.54) is 5.56 Å². The standard InChI is InChI=1S/C8H8.FHO3S/c1-2-8-6-4-3-5-7-8;1-5(2,3)4/h2-7H,1H2;(H,2,3,4). The Morgan fingerprint density at radius 1 is 1.31 bits per heavy atom. The van der Waals surface area contributed by atoms with Crippen LogP contribution in [0.15, 0.2) is 36.9 Å². The highest BCUT2D eigenvalue weighted by molar-refractivity contribution is 7.80. The fourth-order valence-corrected chi connectivity index (χ4v) is 0.589. The van der Waals surface area contributed by atoms with E-state index in [-0.39, 0.29) is 0 Å². The Hall–Kier alpha value is -1.20. The normalized spacial score (nSPS) is 9.69. The minimum absolute atomic E-state index is 1.17. The molecule has 72 valence electrons. The summed E-state index contributed by atoms with van der Waals surface area (Å²) in [5.74, 6) is 0. The minimum Gasteiger partial charge on any atom is -0.260 e. The highest BCUT2D eigenvalue weighted by Gasteiger charge is 1.89. The fourth-order valence-electron chi connectivity index (χ4n) is 0.589. The van der Waals surface area contributed by atoms with Crippen LogP contribution in [0.4, 0.5) is 3.89 Å². The Labute approximate surface area is 76.6 Å². The van der Waals surface area contributed by atoms with Crippen molar-refractivity contribution in [2.45, 2.75) is 0 Å². The van der Waals surface area contributed by atoms with Gasteiger partial charge in [-0.05, 0) is 5.56 Å². The Kier molecular flexibility index (Phi) is 4.94.